The molecule has 5 rings (SSSR count). The molecule has 0 radical (unpaired) electrons. The summed E-state index contributed by atoms with van der Waals surface area (Å²) in [7, 11) is 0. The summed E-state index contributed by atoms with van der Waals surface area (Å²) in [6.45, 7) is 3.80. The second-order valence-corrected chi connectivity index (χ2v) is 8.00. The molecule has 2 aromatic heterocycles. The number of fused-ring (bicyclic) bond motifs is 1. The summed E-state index contributed by atoms with van der Waals surface area (Å²) in [5.74, 6) is 2.12. The maximum Gasteiger partial charge on any atom is 0.253 e. The predicted octanol–water partition coefficient (Wildman–Crippen LogP) is 2.92. The van der Waals surface area contributed by atoms with Gasteiger partial charge in [0.2, 0.25) is 11.7 Å². The summed E-state index contributed by atoms with van der Waals surface area (Å²) < 4.78 is 11.1. The van der Waals surface area contributed by atoms with Crippen molar-refractivity contribution in [3.63, 3.8) is 0 Å². The van der Waals surface area contributed by atoms with Gasteiger partial charge >= 0.3 is 0 Å². The number of benzene rings is 1. The average Bonchev–Trinajstić information content (AvgIpc) is 3.45. The van der Waals surface area contributed by atoms with Crippen LogP contribution in [-0.4, -0.2) is 58.6 Å². The van der Waals surface area contributed by atoms with E-state index in [0.717, 1.165) is 29.3 Å². The zero-order chi connectivity index (χ0) is 19.6. The van der Waals surface area contributed by atoms with E-state index in [9.17, 15) is 4.79 Å². The van der Waals surface area contributed by atoms with Crippen LogP contribution in [0.4, 0.5) is 0 Å². The molecule has 29 heavy (non-hydrogen) atoms. The van der Waals surface area contributed by atoms with Crippen molar-refractivity contribution in [1.82, 2.24) is 19.9 Å². The maximum atomic E-state index is 12.9. The maximum absolute atomic E-state index is 12.9. The van der Waals surface area contributed by atoms with E-state index in [1.807, 2.05) is 52.8 Å². The van der Waals surface area contributed by atoms with Crippen LogP contribution in [0.5, 0.6) is 5.75 Å². The van der Waals surface area contributed by atoms with Gasteiger partial charge in [-0.05, 0) is 23.6 Å². The first-order valence-electron chi connectivity index (χ1n) is 9.57. The van der Waals surface area contributed by atoms with E-state index in [1.165, 1.54) is 0 Å². The Hall–Kier alpha value is -2.97. The summed E-state index contributed by atoms with van der Waals surface area (Å²) in [5, 5.41) is 6.05. The fourth-order valence-electron chi connectivity index (χ4n) is 3.57. The third-order valence-corrected chi connectivity index (χ3v) is 6.00. The molecule has 2 aliphatic heterocycles. The molecule has 8 heteroatoms. The topological polar surface area (TPSA) is 71.7 Å². The molecule has 0 atom stereocenters. The van der Waals surface area contributed by atoms with Gasteiger partial charge in [0.05, 0.1) is 17.0 Å². The van der Waals surface area contributed by atoms with Crippen LogP contribution in [0.15, 0.2) is 51.9 Å². The van der Waals surface area contributed by atoms with Gasteiger partial charge in [-0.25, -0.2) is 0 Å². The first kappa shape index (κ1) is 18.1. The first-order valence-corrected chi connectivity index (χ1v) is 10.4. The molecule has 2 aliphatic rings. The molecule has 0 saturated carbocycles. The van der Waals surface area contributed by atoms with Crippen molar-refractivity contribution in [2.45, 2.75) is 6.54 Å². The van der Waals surface area contributed by atoms with Gasteiger partial charge in [0.15, 0.2) is 0 Å². The minimum absolute atomic E-state index is 0.0527. The molecule has 0 unspecified atom stereocenters. The van der Waals surface area contributed by atoms with Gasteiger partial charge in [-0.15, -0.1) is 11.3 Å². The zero-order valence-electron chi connectivity index (χ0n) is 15.8. The van der Waals surface area contributed by atoms with Gasteiger partial charge < -0.3 is 14.2 Å². The second kappa shape index (κ2) is 7.81. The number of hydrogen-bond donors (Lipinski definition) is 0. The van der Waals surface area contributed by atoms with Crippen LogP contribution in [0.2, 0.25) is 0 Å². The van der Waals surface area contributed by atoms with Crippen molar-refractivity contribution in [1.29, 1.82) is 0 Å². The summed E-state index contributed by atoms with van der Waals surface area (Å²) in [6.07, 6.45) is 1.94. The number of hydrogen-bond acceptors (Lipinski definition) is 7. The van der Waals surface area contributed by atoms with Gasteiger partial charge in [0.25, 0.3) is 5.91 Å². The molecule has 1 saturated heterocycles. The van der Waals surface area contributed by atoms with E-state index in [4.69, 9.17) is 9.26 Å². The minimum Gasteiger partial charge on any atom is -0.488 e. The molecular formula is C21H20N4O3S. The quantitative estimate of drug-likeness (QED) is 0.661. The van der Waals surface area contributed by atoms with Crippen LogP contribution in [0, 0.1) is 0 Å². The molecule has 0 spiro atoms. The lowest BCUT2D eigenvalue weighted by molar-refractivity contribution is -0.129. The summed E-state index contributed by atoms with van der Waals surface area (Å²) in [5.41, 5.74) is 1.66. The van der Waals surface area contributed by atoms with Gasteiger partial charge in [0, 0.05) is 31.7 Å². The van der Waals surface area contributed by atoms with Crippen LogP contribution in [0.3, 0.4) is 0 Å². The van der Waals surface area contributed by atoms with Crippen molar-refractivity contribution < 1.29 is 14.1 Å². The molecule has 0 bridgehead atoms. The van der Waals surface area contributed by atoms with Gasteiger partial charge in [-0.3, -0.25) is 9.69 Å². The van der Waals surface area contributed by atoms with Crippen molar-refractivity contribution in [2.24, 2.45) is 0 Å². The predicted molar refractivity (Wildman–Crippen MR) is 109 cm³/mol. The van der Waals surface area contributed by atoms with Crippen LogP contribution in [-0.2, 0) is 11.3 Å². The molecule has 148 valence electrons. The van der Waals surface area contributed by atoms with Gasteiger partial charge in [-0.1, -0.05) is 29.4 Å². The largest absolute Gasteiger partial charge is 0.488 e. The molecule has 7 nitrogen and oxygen atoms in total. The van der Waals surface area contributed by atoms with Gasteiger partial charge in [0.1, 0.15) is 12.4 Å². The fourth-order valence-corrected chi connectivity index (χ4v) is 4.22. The Morgan fingerprint density at radius 3 is 2.79 bits per heavy atom. The van der Waals surface area contributed by atoms with E-state index >= 15 is 0 Å². The van der Waals surface area contributed by atoms with Crippen molar-refractivity contribution >= 4 is 23.3 Å². The minimum atomic E-state index is 0.0527. The molecule has 0 N–H and O–H groups in total. The van der Waals surface area contributed by atoms with Crippen molar-refractivity contribution in [2.75, 3.05) is 32.8 Å². The highest BCUT2D eigenvalue weighted by atomic mass is 32.1. The summed E-state index contributed by atoms with van der Waals surface area (Å²) >= 11 is 1.59. The Morgan fingerprint density at radius 1 is 1.10 bits per heavy atom. The van der Waals surface area contributed by atoms with E-state index in [-0.39, 0.29) is 5.91 Å². The van der Waals surface area contributed by atoms with Crippen molar-refractivity contribution in [3.05, 3.63) is 58.8 Å². The number of thiophene rings is 1. The Bertz CT molecular complexity index is 1040. The number of carbonyl (C=O) groups is 1. The first-order chi connectivity index (χ1) is 14.3. The highest BCUT2D eigenvalue weighted by Crippen LogP contribution is 2.27. The highest BCUT2D eigenvalue weighted by molar-refractivity contribution is 7.13. The lowest BCUT2D eigenvalue weighted by Crippen LogP contribution is -2.49. The van der Waals surface area contributed by atoms with E-state index < -0.39 is 0 Å². The monoisotopic (exact) mass is 408 g/mol. The Kier molecular flexibility index (Phi) is 4.87. The normalized spacial score (nSPS) is 16.8. The number of piperazine rings is 1. The van der Waals surface area contributed by atoms with E-state index in [0.29, 0.717) is 43.5 Å². The summed E-state index contributed by atoms with van der Waals surface area (Å²) in [6, 6.07) is 11.7. The molecule has 4 heterocycles. The number of amides is 1. The average molecular weight is 408 g/mol. The number of nitrogens with zero attached hydrogens (tertiary/aromatic N) is 4. The standard InChI is InChI=1S/C21H20N4O3S/c26-21(16-12-15-4-1-2-5-17(15)27-14-16)25-9-7-24(8-10-25)13-19-22-20(23-28-19)18-6-3-11-29-18/h1-6,11-12H,7-10,13-14H2. The van der Waals surface area contributed by atoms with E-state index in [2.05, 4.69) is 15.0 Å². The Labute approximate surface area is 172 Å². The molecule has 3 aromatic rings. The van der Waals surface area contributed by atoms with Crippen LogP contribution in [0.1, 0.15) is 11.5 Å². The lowest BCUT2D eigenvalue weighted by Gasteiger charge is -2.34. The van der Waals surface area contributed by atoms with Gasteiger partial charge in [-0.2, -0.15) is 4.98 Å². The van der Waals surface area contributed by atoms with Crippen molar-refractivity contribution in [3.8, 4) is 16.5 Å². The highest BCUT2D eigenvalue weighted by Gasteiger charge is 2.26. The van der Waals surface area contributed by atoms with Crippen LogP contribution < -0.4 is 4.74 Å². The van der Waals surface area contributed by atoms with E-state index in [1.54, 1.807) is 11.3 Å². The number of aromatic nitrogens is 2. The Morgan fingerprint density at radius 2 is 1.97 bits per heavy atom. The number of ether oxygens (including phenoxy) is 1. The Balaban J connectivity index is 1.18. The smallest absolute Gasteiger partial charge is 0.253 e. The molecule has 1 fully saturated rings. The fraction of sp³-hybridized carbons (Fsp3) is 0.286. The number of carbonyl (C=O) groups excluding carboxylic acids is 1. The van der Waals surface area contributed by atoms with Crippen LogP contribution in [0.25, 0.3) is 16.8 Å². The number of rotatable bonds is 4. The third-order valence-electron chi connectivity index (χ3n) is 5.13. The third kappa shape index (κ3) is 3.81. The van der Waals surface area contributed by atoms with Crippen LogP contribution >= 0.6 is 11.3 Å². The lowest BCUT2D eigenvalue weighted by atomic mass is 10.1. The zero-order valence-corrected chi connectivity index (χ0v) is 16.6. The molecule has 1 amide bonds. The summed E-state index contributed by atoms with van der Waals surface area (Å²) in [4.78, 5) is 22.5. The molecule has 0 aliphatic carbocycles. The molecular weight excluding hydrogens is 388 g/mol. The number of para-hydroxylation sites is 1. The second-order valence-electron chi connectivity index (χ2n) is 7.05. The SMILES string of the molecule is O=C(C1=Cc2ccccc2OC1)N1CCN(Cc2nc(-c3cccs3)no2)CC1. The molecule has 1 aromatic carbocycles.